The predicted octanol–water partition coefficient (Wildman–Crippen LogP) is 0.890. The van der Waals surface area contributed by atoms with Gasteiger partial charge in [-0.3, -0.25) is 14.3 Å². The molecule has 0 spiro atoms. The number of ether oxygens (including phenoxy) is 1. The Morgan fingerprint density at radius 2 is 2.29 bits per heavy atom. The molecule has 0 N–H and O–H groups in total. The normalized spacial score (nSPS) is 17.9. The van der Waals surface area contributed by atoms with Crippen LogP contribution in [0.1, 0.15) is 18.8 Å². The Kier molecular flexibility index (Phi) is 3.66. The molecule has 7 nitrogen and oxygen atoms in total. The minimum absolute atomic E-state index is 0.0597. The van der Waals surface area contributed by atoms with Gasteiger partial charge in [-0.15, -0.1) is 10.2 Å². The molecule has 2 aromatic heterocycles. The molecule has 0 aromatic carbocycles. The molecule has 110 valence electrons. The number of carbonyl (C=O) groups excluding carboxylic acids is 1. The number of nitrogens with zero attached hydrogens (tertiary/aromatic N) is 5. The van der Waals surface area contributed by atoms with Crippen LogP contribution >= 0.6 is 0 Å². The molecular weight excluding hydrogens is 270 g/mol. The largest absolute Gasteiger partial charge is 0.383 e. The Hall–Kier alpha value is -2.28. The number of rotatable bonds is 4. The molecule has 0 fully saturated rings. The zero-order chi connectivity index (χ0) is 14.8. The van der Waals surface area contributed by atoms with Crippen LogP contribution in [0.2, 0.25) is 0 Å². The summed E-state index contributed by atoms with van der Waals surface area (Å²) < 4.78 is 6.94. The van der Waals surface area contributed by atoms with Crippen LogP contribution in [0.5, 0.6) is 0 Å². The number of aromatic nitrogens is 4. The second kappa shape index (κ2) is 5.61. The first-order chi connectivity index (χ1) is 10.2. The summed E-state index contributed by atoms with van der Waals surface area (Å²) in [6.45, 7) is 3.41. The highest BCUT2D eigenvalue weighted by Crippen LogP contribution is 2.27. The molecule has 0 bridgehead atoms. The predicted molar refractivity (Wildman–Crippen MR) is 75.3 cm³/mol. The summed E-state index contributed by atoms with van der Waals surface area (Å²) in [5, 5.41) is 8.46. The minimum Gasteiger partial charge on any atom is -0.383 e. The Morgan fingerprint density at radius 1 is 1.43 bits per heavy atom. The Balaban J connectivity index is 1.95. The SMILES string of the molecule is COCCN1Cc2nnc(-c3cccnc3)n2[C@@H](C)C1=O. The fourth-order valence-electron chi connectivity index (χ4n) is 2.54. The Labute approximate surface area is 122 Å². The molecule has 21 heavy (non-hydrogen) atoms. The number of amides is 1. The topological polar surface area (TPSA) is 73.1 Å². The Morgan fingerprint density at radius 3 is 3.00 bits per heavy atom. The van der Waals surface area contributed by atoms with Crippen molar-refractivity contribution >= 4 is 5.91 Å². The van der Waals surface area contributed by atoms with Crippen LogP contribution in [0, 0.1) is 0 Å². The molecule has 1 amide bonds. The van der Waals surface area contributed by atoms with Crippen LogP contribution in [-0.4, -0.2) is 50.8 Å². The highest BCUT2D eigenvalue weighted by molar-refractivity contribution is 5.82. The van der Waals surface area contributed by atoms with Gasteiger partial charge in [-0.05, 0) is 19.1 Å². The van der Waals surface area contributed by atoms with Gasteiger partial charge in [0.2, 0.25) is 5.91 Å². The van der Waals surface area contributed by atoms with Crippen molar-refractivity contribution in [3.8, 4) is 11.4 Å². The zero-order valence-corrected chi connectivity index (χ0v) is 12.1. The molecule has 2 aromatic rings. The number of methoxy groups -OCH3 is 1. The third-order valence-corrected chi connectivity index (χ3v) is 3.64. The molecule has 3 heterocycles. The highest BCUT2D eigenvalue weighted by Gasteiger charge is 2.33. The van der Waals surface area contributed by atoms with Gasteiger partial charge in [0.1, 0.15) is 6.04 Å². The minimum atomic E-state index is -0.323. The van der Waals surface area contributed by atoms with Gasteiger partial charge in [0.15, 0.2) is 11.6 Å². The van der Waals surface area contributed by atoms with E-state index in [4.69, 9.17) is 4.74 Å². The van der Waals surface area contributed by atoms with E-state index in [9.17, 15) is 4.79 Å². The maximum Gasteiger partial charge on any atom is 0.245 e. The lowest BCUT2D eigenvalue weighted by Crippen LogP contribution is -2.43. The molecule has 3 rings (SSSR count). The van der Waals surface area contributed by atoms with Crippen molar-refractivity contribution in [1.82, 2.24) is 24.6 Å². The lowest BCUT2D eigenvalue weighted by Gasteiger charge is -2.31. The summed E-state index contributed by atoms with van der Waals surface area (Å²) in [5.41, 5.74) is 0.862. The first kappa shape index (κ1) is 13.7. The molecule has 0 unspecified atom stereocenters. The molecule has 1 aliphatic heterocycles. The summed E-state index contributed by atoms with van der Waals surface area (Å²) in [7, 11) is 1.63. The molecule has 0 radical (unpaired) electrons. The number of hydrogen-bond acceptors (Lipinski definition) is 5. The van der Waals surface area contributed by atoms with E-state index in [1.165, 1.54) is 0 Å². The molecule has 1 aliphatic rings. The summed E-state index contributed by atoms with van der Waals surface area (Å²) in [5.74, 6) is 1.53. The van der Waals surface area contributed by atoms with E-state index < -0.39 is 0 Å². The van der Waals surface area contributed by atoms with Crippen molar-refractivity contribution in [2.45, 2.75) is 19.5 Å². The maximum absolute atomic E-state index is 12.5. The molecule has 0 saturated heterocycles. The van der Waals surface area contributed by atoms with Crippen molar-refractivity contribution < 1.29 is 9.53 Å². The van der Waals surface area contributed by atoms with E-state index >= 15 is 0 Å². The van der Waals surface area contributed by atoms with Crippen LogP contribution in [0.15, 0.2) is 24.5 Å². The molecule has 0 saturated carbocycles. The number of hydrogen-bond donors (Lipinski definition) is 0. The van der Waals surface area contributed by atoms with Crippen LogP contribution in [0.25, 0.3) is 11.4 Å². The van der Waals surface area contributed by atoms with E-state index in [1.807, 2.05) is 23.6 Å². The lowest BCUT2D eigenvalue weighted by atomic mass is 10.2. The van der Waals surface area contributed by atoms with E-state index in [0.717, 1.165) is 11.4 Å². The van der Waals surface area contributed by atoms with Crippen molar-refractivity contribution in [2.75, 3.05) is 20.3 Å². The van der Waals surface area contributed by atoms with Gasteiger partial charge in [-0.2, -0.15) is 0 Å². The number of carbonyl (C=O) groups is 1. The van der Waals surface area contributed by atoms with Gasteiger partial charge < -0.3 is 9.64 Å². The molecule has 1 atom stereocenters. The fraction of sp³-hybridized carbons (Fsp3) is 0.429. The van der Waals surface area contributed by atoms with Crippen LogP contribution in [0.3, 0.4) is 0 Å². The van der Waals surface area contributed by atoms with Crippen molar-refractivity contribution in [1.29, 1.82) is 0 Å². The fourth-order valence-corrected chi connectivity index (χ4v) is 2.54. The van der Waals surface area contributed by atoms with Gasteiger partial charge in [0, 0.05) is 31.6 Å². The van der Waals surface area contributed by atoms with Crippen LogP contribution in [-0.2, 0) is 16.1 Å². The summed E-state index contributed by atoms with van der Waals surface area (Å²) >= 11 is 0. The van der Waals surface area contributed by atoms with Crippen molar-refractivity contribution in [2.24, 2.45) is 0 Å². The second-order valence-electron chi connectivity index (χ2n) is 4.98. The van der Waals surface area contributed by atoms with E-state index in [0.29, 0.717) is 25.5 Å². The standard InChI is InChI=1S/C14H17N5O2/c1-10-14(20)18(6-7-21-2)9-12-16-17-13(19(10)12)11-4-3-5-15-8-11/h3-5,8,10H,6-7,9H2,1-2H3/t10-/m0/s1. The quantitative estimate of drug-likeness (QED) is 0.835. The first-order valence-corrected chi connectivity index (χ1v) is 6.84. The van der Waals surface area contributed by atoms with Crippen LogP contribution < -0.4 is 0 Å². The lowest BCUT2D eigenvalue weighted by molar-refractivity contribution is -0.137. The van der Waals surface area contributed by atoms with Gasteiger partial charge >= 0.3 is 0 Å². The highest BCUT2D eigenvalue weighted by atomic mass is 16.5. The zero-order valence-electron chi connectivity index (χ0n) is 12.1. The van der Waals surface area contributed by atoms with Gasteiger partial charge in [0.05, 0.1) is 13.2 Å². The van der Waals surface area contributed by atoms with Crippen LogP contribution in [0.4, 0.5) is 0 Å². The molecule has 7 heteroatoms. The molecular formula is C14H17N5O2. The summed E-state index contributed by atoms with van der Waals surface area (Å²) in [4.78, 5) is 18.3. The average Bonchev–Trinajstić information content (AvgIpc) is 2.94. The van der Waals surface area contributed by atoms with Gasteiger partial charge in [-0.1, -0.05) is 0 Å². The third kappa shape index (κ3) is 2.40. The smallest absolute Gasteiger partial charge is 0.245 e. The number of pyridine rings is 1. The molecule has 0 aliphatic carbocycles. The summed E-state index contributed by atoms with van der Waals surface area (Å²) in [6.07, 6.45) is 3.43. The second-order valence-corrected chi connectivity index (χ2v) is 4.98. The van der Waals surface area contributed by atoms with Gasteiger partial charge in [0.25, 0.3) is 0 Å². The number of fused-ring (bicyclic) bond motifs is 1. The van der Waals surface area contributed by atoms with Crippen molar-refractivity contribution in [3.05, 3.63) is 30.4 Å². The Bertz CT molecular complexity index is 640. The maximum atomic E-state index is 12.5. The van der Waals surface area contributed by atoms with E-state index in [2.05, 4.69) is 15.2 Å². The third-order valence-electron chi connectivity index (χ3n) is 3.64. The van der Waals surface area contributed by atoms with E-state index in [1.54, 1.807) is 24.4 Å². The average molecular weight is 287 g/mol. The first-order valence-electron chi connectivity index (χ1n) is 6.84. The van der Waals surface area contributed by atoms with E-state index in [-0.39, 0.29) is 11.9 Å². The monoisotopic (exact) mass is 287 g/mol. The van der Waals surface area contributed by atoms with Crippen molar-refractivity contribution in [3.63, 3.8) is 0 Å². The van der Waals surface area contributed by atoms with Gasteiger partial charge in [-0.25, -0.2) is 0 Å². The summed E-state index contributed by atoms with van der Waals surface area (Å²) in [6, 6.07) is 3.44.